The predicted molar refractivity (Wildman–Crippen MR) is 123 cm³/mol. The molecule has 2 amide bonds. The molecule has 192 valence electrons. The summed E-state index contributed by atoms with van der Waals surface area (Å²) in [6, 6.07) is 5.69. The number of halogens is 3. The molecule has 0 bridgehead atoms. The lowest BCUT2D eigenvalue weighted by molar-refractivity contribution is -0.184. The zero-order valence-electron chi connectivity index (χ0n) is 19.9. The van der Waals surface area contributed by atoms with E-state index in [2.05, 4.69) is 22.3 Å². The number of hydrogen-bond acceptors (Lipinski definition) is 5. The van der Waals surface area contributed by atoms with Crippen molar-refractivity contribution in [3.05, 3.63) is 34.9 Å². The number of likely N-dealkylation sites (tertiary alicyclic amines) is 1. The van der Waals surface area contributed by atoms with E-state index >= 15 is 0 Å². The van der Waals surface area contributed by atoms with Crippen molar-refractivity contribution in [3.8, 4) is 0 Å². The number of alkyl halides is 3. The number of nitrogens with one attached hydrogen (secondary N) is 1. The fraction of sp³-hybridized carbons (Fsp3) is 0.692. The molecule has 5 rings (SSSR count). The van der Waals surface area contributed by atoms with E-state index in [1.807, 2.05) is 6.07 Å². The van der Waals surface area contributed by atoms with Gasteiger partial charge in [-0.05, 0) is 86.6 Å². The normalized spacial score (nSPS) is 31.4. The fourth-order valence-electron chi connectivity index (χ4n) is 6.50. The minimum atomic E-state index is -4.05. The van der Waals surface area contributed by atoms with E-state index in [1.165, 1.54) is 5.56 Å². The van der Waals surface area contributed by atoms with Crippen LogP contribution in [0, 0.1) is 11.8 Å². The van der Waals surface area contributed by atoms with Gasteiger partial charge in [-0.2, -0.15) is 13.2 Å². The SMILES string of the molecule is O=C1CCC(N2Cc3cc(C4CCN(C[C@H]5CC[C@H](C(F)(F)F)CC5)CC4)ccc3C2O)C(=O)N1. The molecule has 4 aliphatic rings. The van der Waals surface area contributed by atoms with Crippen LogP contribution in [0.2, 0.25) is 0 Å². The summed E-state index contributed by atoms with van der Waals surface area (Å²) in [6.07, 6.45) is -0.314. The number of aliphatic hydroxyl groups excluding tert-OH is 1. The summed E-state index contributed by atoms with van der Waals surface area (Å²) in [5, 5.41) is 13.2. The molecule has 3 heterocycles. The van der Waals surface area contributed by atoms with Crippen LogP contribution in [0.25, 0.3) is 0 Å². The lowest BCUT2D eigenvalue weighted by atomic mass is 9.81. The zero-order chi connectivity index (χ0) is 24.7. The van der Waals surface area contributed by atoms with Gasteiger partial charge >= 0.3 is 6.18 Å². The van der Waals surface area contributed by atoms with E-state index in [-0.39, 0.29) is 31.1 Å². The first kappa shape index (κ1) is 24.7. The topological polar surface area (TPSA) is 72.9 Å². The highest BCUT2D eigenvalue weighted by Gasteiger charge is 2.42. The number of carbonyl (C=O) groups excluding carboxylic acids is 2. The minimum Gasteiger partial charge on any atom is -0.374 e. The molecule has 1 aliphatic carbocycles. The van der Waals surface area contributed by atoms with E-state index < -0.39 is 24.4 Å². The Balaban J connectivity index is 1.14. The van der Waals surface area contributed by atoms with Crippen LogP contribution < -0.4 is 5.32 Å². The maximum absolute atomic E-state index is 12.9. The van der Waals surface area contributed by atoms with E-state index in [4.69, 9.17) is 0 Å². The van der Waals surface area contributed by atoms with Crippen molar-refractivity contribution in [2.75, 3.05) is 19.6 Å². The molecule has 35 heavy (non-hydrogen) atoms. The largest absolute Gasteiger partial charge is 0.391 e. The van der Waals surface area contributed by atoms with Crippen LogP contribution in [0.3, 0.4) is 0 Å². The average Bonchev–Trinajstić information content (AvgIpc) is 3.15. The second-order valence-electron chi connectivity index (χ2n) is 10.8. The third kappa shape index (κ3) is 5.27. The number of aliphatic hydroxyl groups is 1. The van der Waals surface area contributed by atoms with Crippen LogP contribution >= 0.6 is 0 Å². The Kier molecular flexibility index (Phi) is 6.94. The van der Waals surface area contributed by atoms with Gasteiger partial charge in [0, 0.05) is 19.5 Å². The quantitative estimate of drug-likeness (QED) is 0.624. The van der Waals surface area contributed by atoms with Crippen LogP contribution in [-0.4, -0.2) is 58.6 Å². The molecule has 3 aliphatic heterocycles. The third-order valence-corrected chi connectivity index (χ3v) is 8.61. The first-order chi connectivity index (χ1) is 16.7. The van der Waals surface area contributed by atoms with Gasteiger partial charge in [0.25, 0.3) is 0 Å². The Morgan fingerprint density at radius 1 is 1.00 bits per heavy atom. The molecule has 2 N–H and O–H groups in total. The summed E-state index contributed by atoms with van der Waals surface area (Å²) in [6.45, 7) is 3.28. The first-order valence-electron chi connectivity index (χ1n) is 12.9. The monoisotopic (exact) mass is 493 g/mol. The number of fused-ring (bicyclic) bond motifs is 1. The molecule has 0 spiro atoms. The molecule has 2 unspecified atom stereocenters. The molecule has 2 saturated heterocycles. The summed E-state index contributed by atoms with van der Waals surface area (Å²) >= 11 is 0. The number of nitrogens with zero attached hydrogens (tertiary/aromatic N) is 2. The standard InChI is InChI=1S/C26H34F3N3O3/c27-26(28,29)20-4-1-16(2-5-20)14-31-11-9-17(10-12-31)18-3-6-21-19(13-18)15-32(25(21)35)22-7-8-23(33)30-24(22)34/h3,6,13,16-17,20,22,25,35H,1-2,4-5,7-12,14-15H2,(H,30,33,34)/t16-,20-,22?,25?. The number of rotatable bonds is 4. The molecule has 9 heteroatoms. The lowest BCUT2D eigenvalue weighted by Crippen LogP contribution is -2.51. The Hall–Kier alpha value is -1.97. The van der Waals surface area contributed by atoms with E-state index in [0.29, 0.717) is 37.6 Å². The molecule has 6 nitrogen and oxygen atoms in total. The van der Waals surface area contributed by atoms with Gasteiger partial charge < -0.3 is 10.0 Å². The smallest absolute Gasteiger partial charge is 0.374 e. The zero-order valence-corrected chi connectivity index (χ0v) is 19.9. The van der Waals surface area contributed by atoms with Gasteiger partial charge in [-0.15, -0.1) is 0 Å². The van der Waals surface area contributed by atoms with Crippen LogP contribution in [-0.2, 0) is 16.1 Å². The van der Waals surface area contributed by atoms with Crippen molar-refractivity contribution in [2.24, 2.45) is 11.8 Å². The molecule has 3 fully saturated rings. The summed E-state index contributed by atoms with van der Waals surface area (Å²) < 4.78 is 38.8. The highest BCUT2D eigenvalue weighted by Crippen LogP contribution is 2.41. The summed E-state index contributed by atoms with van der Waals surface area (Å²) in [5.74, 6) is -0.939. The maximum Gasteiger partial charge on any atom is 0.391 e. The molecule has 0 aromatic heterocycles. The van der Waals surface area contributed by atoms with E-state index in [9.17, 15) is 27.9 Å². The van der Waals surface area contributed by atoms with Crippen molar-refractivity contribution in [1.82, 2.24) is 15.1 Å². The van der Waals surface area contributed by atoms with E-state index in [0.717, 1.165) is 43.6 Å². The summed E-state index contributed by atoms with van der Waals surface area (Å²) in [7, 11) is 0. The maximum atomic E-state index is 12.9. The molecule has 1 aromatic rings. The van der Waals surface area contributed by atoms with Crippen LogP contribution in [0.5, 0.6) is 0 Å². The third-order valence-electron chi connectivity index (χ3n) is 8.61. The van der Waals surface area contributed by atoms with E-state index in [1.54, 1.807) is 4.90 Å². The Labute approximate surface area is 203 Å². The molecule has 1 aromatic carbocycles. The van der Waals surface area contributed by atoms with Crippen molar-refractivity contribution in [1.29, 1.82) is 0 Å². The van der Waals surface area contributed by atoms with Crippen LogP contribution in [0.4, 0.5) is 13.2 Å². The Bertz CT molecular complexity index is 953. The van der Waals surface area contributed by atoms with Gasteiger partial charge in [0.1, 0.15) is 6.23 Å². The second-order valence-corrected chi connectivity index (χ2v) is 10.8. The van der Waals surface area contributed by atoms with Crippen LogP contribution in [0.1, 0.15) is 80.2 Å². The predicted octanol–water partition coefficient (Wildman–Crippen LogP) is 3.85. The van der Waals surface area contributed by atoms with Gasteiger partial charge in [-0.25, -0.2) is 0 Å². The van der Waals surface area contributed by atoms with Crippen molar-refractivity contribution in [2.45, 2.75) is 82.3 Å². The van der Waals surface area contributed by atoms with Gasteiger partial charge in [-0.3, -0.25) is 19.8 Å². The van der Waals surface area contributed by atoms with Gasteiger partial charge in [0.15, 0.2) is 0 Å². The van der Waals surface area contributed by atoms with Crippen molar-refractivity contribution in [3.63, 3.8) is 0 Å². The highest BCUT2D eigenvalue weighted by atomic mass is 19.4. The Morgan fingerprint density at radius 2 is 1.71 bits per heavy atom. The first-order valence-corrected chi connectivity index (χ1v) is 12.9. The molecule has 0 radical (unpaired) electrons. The molecular formula is C26H34F3N3O3. The highest BCUT2D eigenvalue weighted by molar-refractivity contribution is 6.00. The number of carbonyl (C=O) groups is 2. The number of imide groups is 1. The van der Waals surface area contributed by atoms with Crippen molar-refractivity contribution >= 4 is 11.8 Å². The summed E-state index contributed by atoms with van der Waals surface area (Å²) in [4.78, 5) is 28.0. The minimum absolute atomic E-state index is 0.264. The fourth-order valence-corrected chi connectivity index (χ4v) is 6.50. The average molecular weight is 494 g/mol. The molecule has 2 atom stereocenters. The van der Waals surface area contributed by atoms with Gasteiger partial charge in [0.05, 0.1) is 12.0 Å². The number of amides is 2. The van der Waals surface area contributed by atoms with Gasteiger partial charge in [-0.1, -0.05) is 18.2 Å². The lowest BCUT2D eigenvalue weighted by Gasteiger charge is -2.37. The second kappa shape index (κ2) is 9.82. The van der Waals surface area contributed by atoms with Crippen LogP contribution in [0.15, 0.2) is 18.2 Å². The number of piperidine rings is 2. The van der Waals surface area contributed by atoms with Crippen molar-refractivity contribution < 1.29 is 27.9 Å². The number of hydrogen-bond donors (Lipinski definition) is 2. The Morgan fingerprint density at radius 3 is 2.37 bits per heavy atom. The molecule has 1 saturated carbocycles. The molecular weight excluding hydrogens is 459 g/mol. The van der Waals surface area contributed by atoms with Gasteiger partial charge in [0.2, 0.25) is 11.8 Å². The summed E-state index contributed by atoms with van der Waals surface area (Å²) in [5.41, 5.74) is 3.10. The number of benzene rings is 1.